The van der Waals surface area contributed by atoms with Gasteiger partial charge >= 0.3 is 0 Å². The van der Waals surface area contributed by atoms with Gasteiger partial charge in [0.15, 0.2) is 5.78 Å². The Morgan fingerprint density at radius 3 is 2.70 bits per heavy atom. The third-order valence-corrected chi connectivity index (χ3v) is 5.66. The topological polar surface area (TPSA) is 20.3 Å². The molecule has 23 heavy (non-hydrogen) atoms. The van der Waals surface area contributed by atoms with E-state index in [1.165, 1.54) is 28.3 Å². The second-order valence-corrected chi connectivity index (χ2v) is 6.85. The zero-order chi connectivity index (χ0) is 16.0. The molecule has 0 N–H and O–H groups in total. The summed E-state index contributed by atoms with van der Waals surface area (Å²) in [7, 11) is 2.18. The number of carbonyl (C=O) groups is 1. The maximum absolute atomic E-state index is 12.7. The number of hydrogen-bond donors (Lipinski definition) is 0. The molecule has 1 fully saturated rings. The van der Waals surface area contributed by atoms with Gasteiger partial charge in [0.2, 0.25) is 0 Å². The molecule has 118 valence electrons. The van der Waals surface area contributed by atoms with E-state index in [1.54, 1.807) is 0 Å². The molecule has 2 bridgehead atoms. The number of nitrogens with zero attached hydrogens (tertiary/aromatic N) is 1. The van der Waals surface area contributed by atoms with E-state index < -0.39 is 0 Å². The van der Waals surface area contributed by atoms with Crippen molar-refractivity contribution in [2.45, 2.75) is 44.7 Å². The quantitative estimate of drug-likeness (QED) is 0.835. The van der Waals surface area contributed by atoms with Gasteiger partial charge in [0.25, 0.3) is 0 Å². The van der Waals surface area contributed by atoms with Crippen molar-refractivity contribution in [3.05, 3.63) is 53.6 Å². The molecule has 0 aliphatic carbocycles. The fraction of sp³-hybridized carbons (Fsp3) is 0.381. The second-order valence-electron chi connectivity index (χ2n) is 6.85. The first kappa shape index (κ1) is 14.6. The van der Waals surface area contributed by atoms with Gasteiger partial charge in [-0.15, -0.1) is 0 Å². The zero-order valence-electron chi connectivity index (χ0n) is 13.9. The molecule has 2 unspecified atom stereocenters. The van der Waals surface area contributed by atoms with Crippen molar-refractivity contribution in [1.82, 2.24) is 4.90 Å². The SMILES string of the molecule is CCC(=O)C1=C(c2ccc3ccccc3c2)CC2CCC1N2C. The first-order chi connectivity index (χ1) is 11.2. The summed E-state index contributed by atoms with van der Waals surface area (Å²) in [5.41, 5.74) is 3.62. The van der Waals surface area contributed by atoms with Gasteiger partial charge in [-0.05, 0) is 54.3 Å². The van der Waals surface area contributed by atoms with Crippen LogP contribution in [0.2, 0.25) is 0 Å². The summed E-state index contributed by atoms with van der Waals surface area (Å²) >= 11 is 0. The highest BCUT2D eigenvalue weighted by Gasteiger charge is 2.41. The van der Waals surface area contributed by atoms with Crippen molar-refractivity contribution in [3.63, 3.8) is 0 Å². The van der Waals surface area contributed by atoms with Crippen LogP contribution in [0.25, 0.3) is 16.3 Å². The van der Waals surface area contributed by atoms with Crippen molar-refractivity contribution in [3.8, 4) is 0 Å². The summed E-state index contributed by atoms with van der Waals surface area (Å²) in [5, 5.41) is 2.52. The van der Waals surface area contributed by atoms with Crippen LogP contribution in [0, 0.1) is 0 Å². The zero-order valence-corrected chi connectivity index (χ0v) is 13.9. The monoisotopic (exact) mass is 305 g/mol. The Morgan fingerprint density at radius 2 is 1.91 bits per heavy atom. The molecule has 2 aromatic carbocycles. The number of benzene rings is 2. The van der Waals surface area contributed by atoms with Gasteiger partial charge in [0.1, 0.15) is 0 Å². The Morgan fingerprint density at radius 1 is 1.13 bits per heavy atom. The van der Waals surface area contributed by atoms with Gasteiger partial charge in [-0.3, -0.25) is 9.69 Å². The summed E-state index contributed by atoms with van der Waals surface area (Å²) in [6, 6.07) is 16.0. The summed E-state index contributed by atoms with van der Waals surface area (Å²) in [4.78, 5) is 15.1. The maximum Gasteiger partial charge on any atom is 0.160 e. The summed E-state index contributed by atoms with van der Waals surface area (Å²) in [6.45, 7) is 1.98. The maximum atomic E-state index is 12.7. The lowest BCUT2D eigenvalue weighted by molar-refractivity contribution is -0.115. The molecule has 2 atom stereocenters. The lowest BCUT2D eigenvalue weighted by Crippen LogP contribution is -2.39. The first-order valence-corrected chi connectivity index (χ1v) is 8.66. The number of carbonyl (C=O) groups excluding carboxylic acids is 1. The van der Waals surface area contributed by atoms with Crippen LogP contribution in [0.15, 0.2) is 48.0 Å². The van der Waals surface area contributed by atoms with Crippen molar-refractivity contribution in [1.29, 1.82) is 0 Å². The predicted molar refractivity (Wildman–Crippen MR) is 95.4 cm³/mol. The standard InChI is InChI=1S/C21H23NO/c1-3-20(23)21-18(13-17-10-11-19(21)22(17)2)16-9-8-14-6-4-5-7-15(14)12-16/h4-9,12,17,19H,3,10-11,13H2,1-2H3. The first-order valence-electron chi connectivity index (χ1n) is 8.66. The minimum absolute atomic E-state index is 0.322. The molecule has 2 nitrogen and oxygen atoms in total. The Hall–Kier alpha value is -1.93. The lowest BCUT2D eigenvalue weighted by atomic mass is 9.85. The number of hydrogen-bond acceptors (Lipinski definition) is 2. The van der Waals surface area contributed by atoms with Crippen LogP contribution >= 0.6 is 0 Å². The number of likely N-dealkylation sites (N-methyl/N-ethyl adjacent to an activating group) is 1. The van der Waals surface area contributed by atoms with Crippen molar-refractivity contribution >= 4 is 22.1 Å². The van der Waals surface area contributed by atoms with Crippen molar-refractivity contribution in [2.75, 3.05) is 7.05 Å². The Kier molecular flexibility index (Phi) is 3.57. The van der Waals surface area contributed by atoms with Gasteiger partial charge in [-0.1, -0.05) is 43.3 Å². The predicted octanol–water partition coefficient (Wildman–Crippen LogP) is 4.44. The highest BCUT2D eigenvalue weighted by atomic mass is 16.1. The highest BCUT2D eigenvalue weighted by molar-refractivity contribution is 6.05. The molecule has 2 heterocycles. The second kappa shape index (κ2) is 5.61. The van der Waals surface area contributed by atoms with Gasteiger partial charge in [-0.25, -0.2) is 0 Å². The van der Waals surface area contributed by atoms with Gasteiger partial charge < -0.3 is 0 Å². The van der Waals surface area contributed by atoms with Crippen LogP contribution in [0.4, 0.5) is 0 Å². The fourth-order valence-corrected chi connectivity index (χ4v) is 4.35. The van der Waals surface area contributed by atoms with Crippen molar-refractivity contribution < 1.29 is 4.79 Å². The number of fused-ring (bicyclic) bond motifs is 3. The van der Waals surface area contributed by atoms with Gasteiger partial charge in [0.05, 0.1) is 0 Å². The highest BCUT2D eigenvalue weighted by Crippen LogP contribution is 2.43. The van der Waals surface area contributed by atoms with Gasteiger partial charge in [0, 0.05) is 24.1 Å². The third-order valence-electron chi connectivity index (χ3n) is 5.66. The average Bonchev–Trinajstić information content (AvgIpc) is 2.83. The molecule has 0 amide bonds. The Balaban J connectivity index is 1.88. The van der Waals surface area contributed by atoms with E-state index in [9.17, 15) is 4.79 Å². The molecule has 2 aliphatic rings. The van der Waals surface area contributed by atoms with E-state index in [0.717, 1.165) is 18.4 Å². The number of Topliss-reactive ketones (excluding diaryl/α,β-unsaturated/α-hetero) is 1. The smallest absolute Gasteiger partial charge is 0.160 e. The molecule has 2 heteroatoms. The molecule has 0 spiro atoms. The molecule has 2 aromatic rings. The molecule has 0 saturated carbocycles. The van der Waals surface area contributed by atoms with E-state index in [-0.39, 0.29) is 0 Å². The van der Waals surface area contributed by atoms with E-state index in [0.29, 0.717) is 24.3 Å². The van der Waals surface area contributed by atoms with Crippen molar-refractivity contribution in [2.24, 2.45) is 0 Å². The fourth-order valence-electron chi connectivity index (χ4n) is 4.35. The van der Waals surface area contributed by atoms with Crippen LogP contribution < -0.4 is 0 Å². The normalized spacial score (nSPS) is 24.4. The number of ketones is 1. The van der Waals surface area contributed by atoms with E-state index >= 15 is 0 Å². The Bertz CT molecular complexity index is 804. The number of rotatable bonds is 3. The van der Waals surface area contributed by atoms with Crippen LogP contribution in [0.1, 0.15) is 38.2 Å². The average molecular weight is 305 g/mol. The van der Waals surface area contributed by atoms with E-state index in [4.69, 9.17) is 0 Å². The molecule has 4 rings (SSSR count). The van der Waals surface area contributed by atoms with Crippen LogP contribution in [0.5, 0.6) is 0 Å². The van der Waals surface area contributed by atoms with E-state index in [1.807, 2.05) is 6.92 Å². The van der Waals surface area contributed by atoms with Crippen LogP contribution in [-0.2, 0) is 4.79 Å². The molecule has 0 radical (unpaired) electrons. The molecule has 1 saturated heterocycles. The molecule has 2 aliphatic heterocycles. The molecular weight excluding hydrogens is 282 g/mol. The third kappa shape index (κ3) is 2.33. The lowest BCUT2D eigenvalue weighted by Gasteiger charge is -2.35. The van der Waals surface area contributed by atoms with Crippen LogP contribution in [0.3, 0.4) is 0 Å². The summed E-state index contributed by atoms with van der Waals surface area (Å²) in [5.74, 6) is 0.324. The van der Waals surface area contributed by atoms with E-state index in [2.05, 4.69) is 54.4 Å². The van der Waals surface area contributed by atoms with Crippen LogP contribution in [-0.4, -0.2) is 29.8 Å². The largest absolute Gasteiger partial charge is 0.296 e. The summed E-state index contributed by atoms with van der Waals surface area (Å²) in [6.07, 6.45) is 3.94. The van der Waals surface area contributed by atoms with Gasteiger partial charge in [-0.2, -0.15) is 0 Å². The Labute approximate surface area is 137 Å². The molecule has 0 aromatic heterocycles. The summed E-state index contributed by atoms with van der Waals surface area (Å²) < 4.78 is 0. The minimum Gasteiger partial charge on any atom is -0.296 e. The minimum atomic E-state index is 0.322. The molecular formula is C21H23NO.